The predicted octanol–water partition coefficient (Wildman–Crippen LogP) is 0.487. The number of hydrogen-bond donors (Lipinski definition) is 2. The maximum absolute atomic E-state index is 12.1. The molecule has 16 heavy (non-hydrogen) atoms. The maximum atomic E-state index is 12.1. The Morgan fingerprint density at radius 1 is 1.19 bits per heavy atom. The molecule has 2 rings (SSSR count). The van der Waals surface area contributed by atoms with Gasteiger partial charge in [-0.25, -0.2) is 0 Å². The number of amides is 1. The van der Waals surface area contributed by atoms with Crippen LogP contribution in [0.25, 0.3) is 0 Å². The molecule has 0 aromatic heterocycles. The zero-order valence-electron chi connectivity index (χ0n) is 9.77. The molecule has 0 unspecified atom stereocenters. The monoisotopic (exact) mass is 226 g/mol. The van der Waals surface area contributed by atoms with Crippen LogP contribution in [0.5, 0.6) is 0 Å². The fourth-order valence-electron chi connectivity index (χ4n) is 2.89. The summed E-state index contributed by atoms with van der Waals surface area (Å²) in [6.45, 7) is 1.69. The van der Waals surface area contributed by atoms with Crippen LogP contribution in [0.2, 0.25) is 0 Å². The summed E-state index contributed by atoms with van der Waals surface area (Å²) in [6, 6.07) is -0.492. The molecule has 4 nitrogen and oxygen atoms in total. The summed E-state index contributed by atoms with van der Waals surface area (Å²) < 4.78 is 0. The van der Waals surface area contributed by atoms with Crippen LogP contribution in [0.1, 0.15) is 38.5 Å². The molecule has 1 amide bonds. The number of nitrogens with two attached hydrogens (primary N) is 1. The number of likely N-dealkylation sites (tertiary alicyclic amines) is 1. The second-order valence-electron chi connectivity index (χ2n) is 5.07. The van der Waals surface area contributed by atoms with E-state index in [2.05, 4.69) is 0 Å². The second-order valence-corrected chi connectivity index (χ2v) is 5.07. The molecule has 1 aliphatic heterocycles. The van der Waals surface area contributed by atoms with E-state index in [0.29, 0.717) is 0 Å². The quantitative estimate of drug-likeness (QED) is 0.720. The number of rotatable bonds is 2. The van der Waals surface area contributed by atoms with Gasteiger partial charge in [-0.05, 0) is 25.7 Å². The first-order valence-corrected chi connectivity index (χ1v) is 6.42. The van der Waals surface area contributed by atoms with Crippen molar-refractivity contribution in [1.82, 2.24) is 4.90 Å². The van der Waals surface area contributed by atoms with Crippen molar-refractivity contribution in [3.8, 4) is 0 Å². The fraction of sp³-hybridized carbons (Fsp3) is 0.917. The highest BCUT2D eigenvalue weighted by Gasteiger charge is 2.35. The standard InChI is InChI=1S/C12H22N2O2/c13-11(9-5-1-2-6-10(9)15)12(16)14-7-3-4-8-14/h9-11,15H,1-8,13H2/t9-,10+,11+/m1/s1. The van der Waals surface area contributed by atoms with Crippen molar-refractivity contribution in [2.75, 3.05) is 13.1 Å². The van der Waals surface area contributed by atoms with Crippen LogP contribution in [-0.2, 0) is 4.79 Å². The number of aliphatic hydroxyl groups excluding tert-OH is 1. The van der Waals surface area contributed by atoms with Crippen LogP contribution < -0.4 is 5.73 Å². The molecule has 3 atom stereocenters. The van der Waals surface area contributed by atoms with E-state index >= 15 is 0 Å². The highest BCUT2D eigenvalue weighted by Crippen LogP contribution is 2.27. The second kappa shape index (κ2) is 5.15. The summed E-state index contributed by atoms with van der Waals surface area (Å²) in [5.74, 6) is 0.0188. The summed E-state index contributed by atoms with van der Waals surface area (Å²) in [4.78, 5) is 13.9. The van der Waals surface area contributed by atoms with E-state index in [1.54, 1.807) is 0 Å². The first-order valence-electron chi connectivity index (χ1n) is 6.42. The number of nitrogens with zero attached hydrogens (tertiary/aromatic N) is 1. The minimum absolute atomic E-state index is 0.0261. The Balaban J connectivity index is 1.94. The number of hydrogen-bond acceptors (Lipinski definition) is 3. The lowest BCUT2D eigenvalue weighted by atomic mass is 9.81. The van der Waals surface area contributed by atoms with Gasteiger partial charge in [0, 0.05) is 19.0 Å². The van der Waals surface area contributed by atoms with Crippen molar-refractivity contribution < 1.29 is 9.90 Å². The van der Waals surface area contributed by atoms with Crippen LogP contribution >= 0.6 is 0 Å². The fourth-order valence-corrected chi connectivity index (χ4v) is 2.89. The first kappa shape index (κ1) is 11.9. The van der Waals surface area contributed by atoms with Gasteiger partial charge in [-0.3, -0.25) is 4.79 Å². The molecule has 1 aliphatic carbocycles. The summed E-state index contributed by atoms with van der Waals surface area (Å²) in [5.41, 5.74) is 6.01. The van der Waals surface area contributed by atoms with Gasteiger partial charge in [0.25, 0.3) is 0 Å². The lowest BCUT2D eigenvalue weighted by molar-refractivity contribution is -0.134. The van der Waals surface area contributed by atoms with E-state index in [1.807, 2.05) is 4.90 Å². The summed E-state index contributed by atoms with van der Waals surface area (Å²) >= 11 is 0. The average Bonchev–Trinajstić information content (AvgIpc) is 2.81. The highest BCUT2D eigenvalue weighted by atomic mass is 16.3. The van der Waals surface area contributed by atoms with Crippen LogP contribution in [0, 0.1) is 5.92 Å². The van der Waals surface area contributed by atoms with Crippen LogP contribution in [0.15, 0.2) is 0 Å². The number of carbonyl (C=O) groups excluding carboxylic acids is 1. The molecule has 1 saturated carbocycles. The molecule has 0 aromatic carbocycles. The lowest BCUT2D eigenvalue weighted by Crippen LogP contribution is -2.50. The van der Waals surface area contributed by atoms with Gasteiger partial charge in [0.2, 0.25) is 5.91 Å². The average molecular weight is 226 g/mol. The molecular weight excluding hydrogens is 204 g/mol. The van der Waals surface area contributed by atoms with E-state index in [-0.39, 0.29) is 17.9 Å². The third-order valence-corrected chi connectivity index (χ3v) is 3.95. The Morgan fingerprint density at radius 3 is 2.44 bits per heavy atom. The highest BCUT2D eigenvalue weighted by molar-refractivity contribution is 5.82. The van der Waals surface area contributed by atoms with Crippen molar-refractivity contribution in [3.63, 3.8) is 0 Å². The third-order valence-electron chi connectivity index (χ3n) is 3.95. The van der Waals surface area contributed by atoms with Gasteiger partial charge in [0.1, 0.15) is 0 Å². The van der Waals surface area contributed by atoms with Crippen molar-refractivity contribution in [1.29, 1.82) is 0 Å². The van der Waals surface area contributed by atoms with Gasteiger partial charge < -0.3 is 15.7 Å². The number of carbonyl (C=O) groups is 1. The lowest BCUT2D eigenvalue weighted by Gasteiger charge is -2.33. The largest absolute Gasteiger partial charge is 0.393 e. The van der Waals surface area contributed by atoms with Gasteiger partial charge >= 0.3 is 0 Å². The Hall–Kier alpha value is -0.610. The minimum atomic E-state index is -0.492. The third kappa shape index (κ3) is 2.38. The molecular formula is C12H22N2O2. The van der Waals surface area contributed by atoms with E-state index in [9.17, 15) is 9.90 Å². The zero-order valence-corrected chi connectivity index (χ0v) is 9.77. The van der Waals surface area contributed by atoms with Crippen molar-refractivity contribution in [2.24, 2.45) is 11.7 Å². The molecule has 92 valence electrons. The van der Waals surface area contributed by atoms with E-state index in [1.165, 1.54) is 0 Å². The molecule has 4 heteroatoms. The van der Waals surface area contributed by atoms with Crippen molar-refractivity contribution >= 4 is 5.91 Å². The van der Waals surface area contributed by atoms with E-state index in [0.717, 1.165) is 51.6 Å². The first-order chi connectivity index (χ1) is 7.70. The van der Waals surface area contributed by atoms with Crippen LogP contribution in [0.4, 0.5) is 0 Å². The van der Waals surface area contributed by atoms with Gasteiger partial charge in [-0.2, -0.15) is 0 Å². The molecule has 2 fully saturated rings. The Labute approximate surface area is 96.8 Å². The van der Waals surface area contributed by atoms with Gasteiger partial charge in [-0.1, -0.05) is 12.8 Å². The molecule has 0 aromatic rings. The van der Waals surface area contributed by atoms with Crippen LogP contribution in [0.3, 0.4) is 0 Å². The van der Waals surface area contributed by atoms with Crippen molar-refractivity contribution in [3.05, 3.63) is 0 Å². The maximum Gasteiger partial charge on any atom is 0.239 e. The molecule has 0 bridgehead atoms. The molecule has 0 spiro atoms. The number of aliphatic hydroxyl groups is 1. The minimum Gasteiger partial charge on any atom is -0.393 e. The van der Waals surface area contributed by atoms with Gasteiger partial charge in [0.05, 0.1) is 12.1 Å². The molecule has 0 radical (unpaired) electrons. The summed E-state index contributed by atoms with van der Waals surface area (Å²) in [6.07, 6.45) is 5.63. The Morgan fingerprint density at radius 2 is 1.81 bits per heavy atom. The van der Waals surface area contributed by atoms with Gasteiger partial charge in [0.15, 0.2) is 0 Å². The topological polar surface area (TPSA) is 66.6 Å². The molecule has 1 heterocycles. The summed E-state index contributed by atoms with van der Waals surface area (Å²) in [5, 5.41) is 9.88. The SMILES string of the molecule is N[C@H](C(=O)N1CCCC1)[C@@H]1CCCC[C@@H]1O. The van der Waals surface area contributed by atoms with E-state index < -0.39 is 6.04 Å². The van der Waals surface area contributed by atoms with Crippen molar-refractivity contribution in [2.45, 2.75) is 50.7 Å². The normalized spacial score (nSPS) is 32.8. The Kier molecular flexibility index (Phi) is 3.82. The predicted molar refractivity (Wildman–Crippen MR) is 61.8 cm³/mol. The Bertz CT molecular complexity index is 251. The van der Waals surface area contributed by atoms with Gasteiger partial charge in [-0.15, -0.1) is 0 Å². The smallest absolute Gasteiger partial charge is 0.239 e. The van der Waals surface area contributed by atoms with E-state index in [4.69, 9.17) is 5.73 Å². The molecule has 1 saturated heterocycles. The molecule has 3 N–H and O–H groups in total. The van der Waals surface area contributed by atoms with Crippen LogP contribution in [-0.4, -0.2) is 41.1 Å². The molecule has 2 aliphatic rings. The zero-order chi connectivity index (χ0) is 11.5. The summed E-state index contributed by atoms with van der Waals surface area (Å²) in [7, 11) is 0.